The van der Waals surface area contributed by atoms with Gasteiger partial charge in [-0.1, -0.05) is 12.1 Å². The Balaban J connectivity index is 2.75. The smallest absolute Gasteiger partial charge is 0.0645 e. The van der Waals surface area contributed by atoms with Crippen LogP contribution < -0.4 is 4.90 Å². The summed E-state index contributed by atoms with van der Waals surface area (Å²) in [6.07, 6.45) is -2.82. The van der Waals surface area contributed by atoms with Crippen LogP contribution >= 0.6 is 15.9 Å². The molecule has 1 aromatic rings. The first kappa shape index (κ1) is 2.05. The van der Waals surface area contributed by atoms with Crippen molar-refractivity contribution < 1.29 is 13.7 Å². The summed E-state index contributed by atoms with van der Waals surface area (Å²) >= 11 is 2.92. The van der Waals surface area contributed by atoms with Crippen LogP contribution in [-0.2, 0) is 0 Å². The minimum absolute atomic E-state index is 0.211. The maximum absolute atomic E-state index is 7.81. The minimum Gasteiger partial charge on any atom is -0.370 e. The summed E-state index contributed by atoms with van der Waals surface area (Å²) in [5, 5.41) is 0. The van der Waals surface area contributed by atoms with Gasteiger partial charge in [-0.3, -0.25) is 0 Å². The van der Waals surface area contributed by atoms with E-state index in [1.165, 1.54) is 0 Å². The first-order chi connectivity index (χ1) is 9.30. The van der Waals surface area contributed by atoms with Gasteiger partial charge in [0.25, 0.3) is 0 Å². The van der Waals surface area contributed by atoms with Crippen LogP contribution in [0.4, 0.5) is 5.69 Å². The predicted molar refractivity (Wildman–Crippen MR) is 51.0 cm³/mol. The van der Waals surface area contributed by atoms with Crippen molar-refractivity contribution in [1.82, 2.24) is 0 Å². The molecule has 0 bridgehead atoms. The van der Waals surface area contributed by atoms with Crippen molar-refractivity contribution in [3.63, 3.8) is 0 Å². The Morgan fingerprint density at radius 3 is 3.00 bits per heavy atom. The Hall–Kier alpha value is -0.500. The maximum Gasteiger partial charge on any atom is 0.0645 e. The van der Waals surface area contributed by atoms with Crippen molar-refractivity contribution in [3.8, 4) is 0 Å². The highest BCUT2D eigenvalue weighted by Gasteiger charge is 2.15. The van der Waals surface area contributed by atoms with Gasteiger partial charge in [0.05, 0.1) is 11.2 Å². The molecule has 1 saturated heterocycles. The number of rotatable bonds is 1. The van der Waals surface area contributed by atoms with E-state index in [0.717, 1.165) is 0 Å². The van der Waals surface area contributed by atoms with Gasteiger partial charge in [0, 0.05) is 25.7 Å². The number of benzene rings is 1. The van der Waals surface area contributed by atoms with Crippen LogP contribution in [0.3, 0.4) is 0 Å². The molecule has 0 spiro atoms. The molecule has 1 nitrogen and oxygen atoms in total. The van der Waals surface area contributed by atoms with Crippen LogP contribution in [0, 0.1) is 0 Å². The highest BCUT2D eigenvalue weighted by Crippen LogP contribution is 2.28. The zero-order valence-corrected chi connectivity index (χ0v) is 6.91. The monoisotopic (exact) mass is 221 g/mol. The van der Waals surface area contributed by atoms with Gasteiger partial charge in [-0.05, 0) is 34.4 Å². The van der Waals surface area contributed by atoms with Gasteiger partial charge in [-0.15, -0.1) is 0 Å². The molecule has 0 saturated carbocycles. The summed E-state index contributed by atoms with van der Waals surface area (Å²) in [5.74, 6) is 0. The number of hydrogen-bond donors (Lipinski definition) is 0. The van der Waals surface area contributed by atoms with Crippen molar-refractivity contribution in [2.45, 2.75) is 6.37 Å². The van der Waals surface area contributed by atoms with E-state index in [9.17, 15) is 0 Å². The number of nitrogens with zero attached hydrogens (tertiary/aromatic N) is 1. The van der Waals surface area contributed by atoms with Crippen LogP contribution in [0.2, 0.25) is 0 Å². The third kappa shape index (κ3) is 1.27. The van der Waals surface area contributed by atoms with Crippen molar-refractivity contribution >= 4 is 21.6 Å². The van der Waals surface area contributed by atoms with Crippen LogP contribution in [0.1, 0.15) is 20.1 Å². The Morgan fingerprint density at radius 1 is 1.45 bits per heavy atom. The van der Waals surface area contributed by atoms with Crippen LogP contribution in [-0.4, -0.2) is 13.0 Å². The topological polar surface area (TPSA) is 3.24 Å². The average molecular weight is 222 g/mol. The molecule has 1 aliphatic rings. The summed E-state index contributed by atoms with van der Waals surface area (Å²) in [6, 6.07) is -2.30. The van der Waals surface area contributed by atoms with E-state index in [1.54, 1.807) is 0 Å². The Labute approximate surface area is 89.2 Å². The molecular weight excluding hydrogens is 202 g/mol. The fourth-order valence-electron chi connectivity index (χ4n) is 0.668. The molecule has 1 heterocycles. The second-order valence-electron chi connectivity index (χ2n) is 1.85. The van der Waals surface area contributed by atoms with Crippen molar-refractivity contribution in [1.29, 1.82) is 0 Å². The largest absolute Gasteiger partial charge is 0.370 e. The van der Waals surface area contributed by atoms with Crippen LogP contribution in [0.25, 0.3) is 0 Å². The second-order valence-corrected chi connectivity index (χ2v) is 2.64. The van der Waals surface area contributed by atoms with E-state index in [1.807, 2.05) is 0 Å². The molecule has 1 fully saturated rings. The normalized spacial score (nSPS) is 43.2. The molecule has 0 aliphatic carbocycles. The number of anilines is 1. The molecule has 1 aromatic carbocycles. The summed E-state index contributed by atoms with van der Waals surface area (Å²) in [6.45, 7) is -5.51. The Morgan fingerprint density at radius 2 is 2.18 bits per heavy atom. The lowest BCUT2D eigenvalue weighted by molar-refractivity contribution is 0.616. The molecule has 1 aliphatic heterocycles. The zero-order valence-electron chi connectivity index (χ0n) is 15.3. The number of para-hydroxylation sites is 1. The van der Waals surface area contributed by atoms with Gasteiger partial charge in [-0.25, -0.2) is 0 Å². The summed E-state index contributed by atoms with van der Waals surface area (Å²) < 4.78 is 76.2. The lowest BCUT2D eigenvalue weighted by atomic mass is 10.2. The molecule has 0 radical (unpaired) electrons. The van der Waals surface area contributed by atoms with E-state index in [0.29, 0.717) is 4.90 Å². The molecule has 0 unspecified atom stereocenters. The lowest BCUT2D eigenvalue weighted by Gasteiger charge is -2.33. The van der Waals surface area contributed by atoms with E-state index in [4.69, 9.17) is 13.7 Å². The summed E-state index contributed by atoms with van der Waals surface area (Å²) in [7, 11) is 0. The van der Waals surface area contributed by atoms with Crippen LogP contribution in [0.5, 0.6) is 0 Å². The highest BCUT2D eigenvalue weighted by atomic mass is 79.9. The number of hydrogen-bond acceptors (Lipinski definition) is 1. The standard InChI is InChI=1S/C9H10BrN/c10-8-4-1-2-5-9(8)11-6-3-7-11/h1-2,4-5H,3,6-7H2/i1D,2D,3D2,4D,5D,6D2,7D2. The van der Waals surface area contributed by atoms with E-state index in [2.05, 4.69) is 15.9 Å². The zero-order chi connectivity index (χ0) is 16.5. The number of halogens is 1. The first-order valence-corrected chi connectivity index (χ1v) is 3.65. The fourth-order valence-corrected chi connectivity index (χ4v) is 1.04. The van der Waals surface area contributed by atoms with Gasteiger partial charge in [0.2, 0.25) is 0 Å². The molecule has 0 amide bonds. The quantitative estimate of drug-likeness (QED) is 0.706. The van der Waals surface area contributed by atoms with E-state index < -0.39 is 49.2 Å². The molecule has 0 atom stereocenters. The Bertz CT molecular complexity index is 580. The molecule has 2 heteroatoms. The highest BCUT2D eigenvalue weighted by molar-refractivity contribution is 9.10. The van der Waals surface area contributed by atoms with Gasteiger partial charge >= 0.3 is 0 Å². The van der Waals surface area contributed by atoms with Gasteiger partial charge in [0.15, 0.2) is 0 Å². The lowest BCUT2D eigenvalue weighted by Crippen LogP contribution is -2.37. The maximum atomic E-state index is 7.81. The summed E-state index contributed by atoms with van der Waals surface area (Å²) in [5.41, 5.74) is -0.439. The van der Waals surface area contributed by atoms with Crippen molar-refractivity contribution in [2.75, 3.05) is 17.9 Å². The minimum atomic E-state index is -2.82. The van der Waals surface area contributed by atoms with E-state index in [-0.39, 0.29) is 4.47 Å². The van der Waals surface area contributed by atoms with Crippen LogP contribution in [0.15, 0.2) is 28.6 Å². The van der Waals surface area contributed by atoms with Gasteiger partial charge < -0.3 is 4.90 Å². The first-order valence-electron chi connectivity index (χ1n) is 7.86. The van der Waals surface area contributed by atoms with Gasteiger partial charge in [-0.2, -0.15) is 0 Å². The fraction of sp³-hybridized carbons (Fsp3) is 0.333. The third-order valence-corrected chi connectivity index (χ3v) is 1.76. The predicted octanol–water partition coefficient (Wildman–Crippen LogP) is 2.66. The molecular formula is C9H10BrN. The molecule has 2 rings (SSSR count). The van der Waals surface area contributed by atoms with Gasteiger partial charge in [0.1, 0.15) is 0 Å². The second kappa shape index (κ2) is 2.86. The SMILES string of the molecule is [2H]c1c([2H])c([2H])c(N2C([2H])([2H])C([2H])([2H])C2([2H])[2H])c(Br)c1[2H]. The average Bonchev–Trinajstić information content (AvgIpc) is 2.37. The molecule has 0 aromatic heterocycles. The molecule has 0 N–H and O–H groups in total. The Kier molecular flexibility index (Phi) is 0.532. The van der Waals surface area contributed by atoms with E-state index >= 15 is 0 Å². The molecule has 58 valence electrons. The molecule has 11 heavy (non-hydrogen) atoms. The summed E-state index contributed by atoms with van der Waals surface area (Å²) in [4.78, 5) is 0.405. The third-order valence-electron chi connectivity index (χ3n) is 1.18. The van der Waals surface area contributed by atoms with Crippen molar-refractivity contribution in [2.24, 2.45) is 0 Å². The van der Waals surface area contributed by atoms with Crippen molar-refractivity contribution in [3.05, 3.63) is 28.6 Å².